The molecule has 1 aromatic carbocycles. The summed E-state index contributed by atoms with van der Waals surface area (Å²) in [5.41, 5.74) is 6.79. The zero-order valence-corrected chi connectivity index (χ0v) is 12.4. The van der Waals surface area contributed by atoms with Gasteiger partial charge in [-0.05, 0) is 18.2 Å². The van der Waals surface area contributed by atoms with E-state index in [0.717, 1.165) is 6.54 Å². The van der Waals surface area contributed by atoms with Gasteiger partial charge in [0.05, 0.1) is 11.4 Å². The molecule has 0 aromatic heterocycles. The van der Waals surface area contributed by atoms with Gasteiger partial charge in [-0.2, -0.15) is 0 Å². The largest absolute Gasteiger partial charge is 0.397 e. The Kier molecular flexibility index (Phi) is 5.41. The minimum absolute atomic E-state index is 0.0636. The fourth-order valence-electron chi connectivity index (χ4n) is 2.15. The highest BCUT2D eigenvalue weighted by Gasteiger charge is 2.14. The van der Waals surface area contributed by atoms with Crippen molar-refractivity contribution in [3.63, 3.8) is 0 Å². The van der Waals surface area contributed by atoms with Crippen LogP contribution in [0, 0.1) is 0 Å². The summed E-state index contributed by atoms with van der Waals surface area (Å²) >= 11 is 5.88. The fourth-order valence-corrected chi connectivity index (χ4v) is 2.32. The molecule has 4 N–H and O–H groups in total. The predicted molar refractivity (Wildman–Crippen MR) is 83.2 cm³/mol. The smallest absolute Gasteiger partial charge is 0.225 e. The summed E-state index contributed by atoms with van der Waals surface area (Å²) in [6.07, 6.45) is 0.822. The Morgan fingerprint density at radius 3 is 3.05 bits per heavy atom. The van der Waals surface area contributed by atoms with E-state index in [-0.39, 0.29) is 11.8 Å². The van der Waals surface area contributed by atoms with Crippen LogP contribution in [0.25, 0.3) is 0 Å². The van der Waals surface area contributed by atoms with Crippen LogP contribution in [-0.4, -0.2) is 42.9 Å². The number of nitrogens with two attached hydrogens (primary N) is 1. The molecule has 1 saturated heterocycles. The summed E-state index contributed by atoms with van der Waals surface area (Å²) in [5, 5.41) is 6.09. The highest BCUT2D eigenvalue weighted by molar-refractivity contribution is 6.31. The number of halogens is 1. The molecule has 0 unspecified atom stereocenters. The van der Waals surface area contributed by atoms with Gasteiger partial charge in [-0.3, -0.25) is 9.59 Å². The zero-order chi connectivity index (χ0) is 15.2. The number of amides is 2. The van der Waals surface area contributed by atoms with Crippen LogP contribution in [-0.2, 0) is 9.59 Å². The lowest BCUT2D eigenvalue weighted by Crippen LogP contribution is -2.31. The molecule has 21 heavy (non-hydrogen) atoms. The lowest BCUT2D eigenvalue weighted by atomic mass is 10.2. The van der Waals surface area contributed by atoms with E-state index >= 15 is 0 Å². The molecule has 0 radical (unpaired) electrons. The Morgan fingerprint density at radius 1 is 1.43 bits per heavy atom. The lowest BCUT2D eigenvalue weighted by molar-refractivity contribution is -0.120. The Hall–Kier alpha value is -1.79. The summed E-state index contributed by atoms with van der Waals surface area (Å²) in [4.78, 5) is 25.3. The van der Waals surface area contributed by atoms with Gasteiger partial charge in [0.25, 0.3) is 0 Å². The van der Waals surface area contributed by atoms with Crippen molar-refractivity contribution in [2.75, 3.05) is 37.2 Å². The maximum absolute atomic E-state index is 11.9. The molecule has 1 fully saturated rings. The van der Waals surface area contributed by atoms with Crippen LogP contribution in [0.5, 0.6) is 0 Å². The molecule has 6 nitrogen and oxygen atoms in total. The number of hydrogen-bond donors (Lipinski definition) is 3. The molecule has 2 rings (SSSR count). The minimum atomic E-state index is -0.118. The SMILES string of the molecule is Nc1ccc(Cl)cc1NC(=O)CCN1CCNC(=O)CC1. The quantitative estimate of drug-likeness (QED) is 0.726. The van der Waals surface area contributed by atoms with Crippen LogP contribution >= 0.6 is 11.6 Å². The standard InChI is InChI=1S/C14H19ClN4O2/c15-10-1-2-11(16)12(9-10)18-14(21)4-7-19-6-3-13(20)17-5-8-19/h1-2,9H,3-8,16H2,(H,17,20)(H,18,21). The molecule has 1 heterocycles. The van der Waals surface area contributed by atoms with E-state index in [9.17, 15) is 9.59 Å². The average molecular weight is 311 g/mol. The maximum atomic E-state index is 11.9. The van der Waals surface area contributed by atoms with E-state index in [4.69, 9.17) is 17.3 Å². The van der Waals surface area contributed by atoms with Crippen molar-refractivity contribution in [2.24, 2.45) is 0 Å². The minimum Gasteiger partial charge on any atom is -0.397 e. The molecule has 0 atom stereocenters. The van der Waals surface area contributed by atoms with E-state index in [0.29, 0.717) is 48.9 Å². The number of anilines is 2. The highest BCUT2D eigenvalue weighted by atomic mass is 35.5. The molecule has 7 heteroatoms. The van der Waals surface area contributed by atoms with Gasteiger partial charge in [0, 0.05) is 44.0 Å². The van der Waals surface area contributed by atoms with Crippen molar-refractivity contribution in [2.45, 2.75) is 12.8 Å². The summed E-state index contributed by atoms with van der Waals surface area (Å²) in [7, 11) is 0. The number of nitrogens with zero attached hydrogens (tertiary/aromatic N) is 1. The Balaban J connectivity index is 1.82. The van der Waals surface area contributed by atoms with E-state index in [2.05, 4.69) is 15.5 Å². The number of nitrogen functional groups attached to an aromatic ring is 1. The highest BCUT2D eigenvalue weighted by Crippen LogP contribution is 2.22. The fraction of sp³-hybridized carbons (Fsp3) is 0.429. The molecule has 0 aliphatic carbocycles. The first-order chi connectivity index (χ1) is 10.0. The molecule has 1 aromatic rings. The monoisotopic (exact) mass is 310 g/mol. The van der Waals surface area contributed by atoms with Crippen LogP contribution in [0.4, 0.5) is 11.4 Å². The van der Waals surface area contributed by atoms with Gasteiger partial charge in [-0.1, -0.05) is 11.6 Å². The van der Waals surface area contributed by atoms with Gasteiger partial charge < -0.3 is 21.3 Å². The third-order valence-electron chi connectivity index (χ3n) is 3.35. The third-order valence-corrected chi connectivity index (χ3v) is 3.58. The second-order valence-corrected chi connectivity index (χ2v) is 5.41. The van der Waals surface area contributed by atoms with Gasteiger partial charge in [-0.25, -0.2) is 0 Å². The molecule has 0 saturated carbocycles. The van der Waals surface area contributed by atoms with E-state index in [1.807, 2.05) is 0 Å². The van der Waals surface area contributed by atoms with Crippen LogP contribution in [0.2, 0.25) is 5.02 Å². The molecular formula is C14H19ClN4O2. The first-order valence-corrected chi connectivity index (χ1v) is 7.26. The van der Waals surface area contributed by atoms with Crippen molar-refractivity contribution in [3.05, 3.63) is 23.2 Å². The van der Waals surface area contributed by atoms with Gasteiger partial charge in [-0.15, -0.1) is 0 Å². The number of nitrogens with one attached hydrogen (secondary N) is 2. The van der Waals surface area contributed by atoms with Crippen molar-refractivity contribution in [1.82, 2.24) is 10.2 Å². The van der Waals surface area contributed by atoms with Crippen molar-refractivity contribution in [3.8, 4) is 0 Å². The third kappa shape index (κ3) is 4.91. The van der Waals surface area contributed by atoms with Crippen molar-refractivity contribution in [1.29, 1.82) is 0 Å². The summed E-state index contributed by atoms with van der Waals surface area (Å²) in [6, 6.07) is 4.96. The summed E-state index contributed by atoms with van der Waals surface area (Å²) in [6.45, 7) is 2.68. The summed E-state index contributed by atoms with van der Waals surface area (Å²) in [5.74, 6) is -0.0545. The van der Waals surface area contributed by atoms with Gasteiger partial charge in [0.1, 0.15) is 0 Å². The topological polar surface area (TPSA) is 87.5 Å². The normalized spacial score (nSPS) is 16.1. The average Bonchev–Trinajstić information content (AvgIpc) is 2.65. The number of carbonyl (C=O) groups is 2. The molecule has 114 valence electrons. The number of benzene rings is 1. The van der Waals surface area contributed by atoms with Gasteiger partial charge in [0.15, 0.2) is 0 Å². The van der Waals surface area contributed by atoms with Crippen molar-refractivity contribution < 1.29 is 9.59 Å². The molecule has 0 bridgehead atoms. The second-order valence-electron chi connectivity index (χ2n) is 4.97. The van der Waals surface area contributed by atoms with Gasteiger partial charge >= 0.3 is 0 Å². The van der Waals surface area contributed by atoms with Gasteiger partial charge in [0.2, 0.25) is 11.8 Å². The molecule has 0 spiro atoms. The predicted octanol–water partition coefficient (Wildman–Crippen LogP) is 1.07. The van der Waals surface area contributed by atoms with E-state index in [1.165, 1.54) is 0 Å². The van der Waals surface area contributed by atoms with Crippen LogP contribution in [0.3, 0.4) is 0 Å². The number of carbonyl (C=O) groups excluding carboxylic acids is 2. The number of rotatable bonds is 4. The molecular weight excluding hydrogens is 292 g/mol. The zero-order valence-electron chi connectivity index (χ0n) is 11.7. The van der Waals surface area contributed by atoms with Crippen LogP contribution < -0.4 is 16.4 Å². The lowest BCUT2D eigenvalue weighted by Gasteiger charge is -2.18. The molecule has 1 aliphatic heterocycles. The Bertz CT molecular complexity index is 536. The van der Waals surface area contributed by atoms with E-state index in [1.54, 1.807) is 18.2 Å². The van der Waals surface area contributed by atoms with Crippen LogP contribution in [0.1, 0.15) is 12.8 Å². The molecule has 2 amide bonds. The Morgan fingerprint density at radius 2 is 2.24 bits per heavy atom. The maximum Gasteiger partial charge on any atom is 0.225 e. The number of hydrogen-bond acceptors (Lipinski definition) is 4. The Labute approximate surface area is 128 Å². The summed E-state index contributed by atoms with van der Waals surface area (Å²) < 4.78 is 0. The second kappa shape index (κ2) is 7.28. The first kappa shape index (κ1) is 15.6. The van der Waals surface area contributed by atoms with Crippen molar-refractivity contribution >= 4 is 34.8 Å². The van der Waals surface area contributed by atoms with Crippen LogP contribution in [0.15, 0.2) is 18.2 Å². The molecule has 1 aliphatic rings. The first-order valence-electron chi connectivity index (χ1n) is 6.88. The van der Waals surface area contributed by atoms with E-state index < -0.39 is 0 Å².